The van der Waals surface area contributed by atoms with Crippen LogP contribution in [0.5, 0.6) is 5.75 Å². The summed E-state index contributed by atoms with van der Waals surface area (Å²) < 4.78 is 34.6. The molecule has 1 aromatic heterocycles. The SMILES string of the molecule is COCOc1c(C(C)(CCO[Si](c2ccccc2)(c2ccccc2)C(C)(C)C)N[S+]([O-])C(C)(C)C)ccnc1Cl. The number of pyridine rings is 1. The Kier molecular flexibility index (Phi) is 10.9. The van der Waals surface area contributed by atoms with E-state index in [4.69, 9.17) is 25.5 Å². The minimum atomic E-state index is -2.77. The first kappa shape index (κ1) is 32.6. The van der Waals surface area contributed by atoms with Crippen LogP contribution in [0.1, 0.15) is 60.5 Å². The lowest BCUT2D eigenvalue weighted by molar-refractivity contribution is 0.0490. The summed E-state index contributed by atoms with van der Waals surface area (Å²) in [4.78, 5) is 4.22. The zero-order chi connectivity index (χ0) is 29.6. The Hall–Kier alpha value is -1.91. The Morgan fingerprint density at radius 2 is 1.45 bits per heavy atom. The lowest BCUT2D eigenvalue weighted by Crippen LogP contribution is -2.66. The van der Waals surface area contributed by atoms with Crippen LogP contribution in [0.25, 0.3) is 0 Å². The molecular formula is C31H43ClN2O4SSi. The molecule has 3 aromatic rings. The van der Waals surface area contributed by atoms with Crippen molar-refractivity contribution >= 4 is 41.7 Å². The summed E-state index contributed by atoms with van der Waals surface area (Å²) in [5.41, 5.74) is -0.0765. The van der Waals surface area contributed by atoms with E-state index in [2.05, 4.69) is 79.0 Å². The van der Waals surface area contributed by atoms with Gasteiger partial charge in [0.05, 0.1) is 5.54 Å². The average molecular weight is 603 g/mol. The first-order chi connectivity index (χ1) is 18.8. The fourth-order valence-electron chi connectivity index (χ4n) is 4.88. The first-order valence-electron chi connectivity index (χ1n) is 13.5. The van der Waals surface area contributed by atoms with Gasteiger partial charge in [0.25, 0.3) is 8.32 Å². The van der Waals surface area contributed by atoms with Gasteiger partial charge in [-0.3, -0.25) is 0 Å². The molecular weight excluding hydrogens is 560 g/mol. The van der Waals surface area contributed by atoms with Gasteiger partial charge in [-0.25, -0.2) is 4.98 Å². The maximum atomic E-state index is 13.5. The number of hydrogen-bond acceptors (Lipinski definition) is 6. The third-order valence-electron chi connectivity index (χ3n) is 6.99. The van der Waals surface area contributed by atoms with E-state index in [-0.39, 0.29) is 17.0 Å². The number of hydrogen-bond donors (Lipinski definition) is 1. The maximum Gasteiger partial charge on any atom is 0.261 e. The molecule has 0 aliphatic rings. The molecule has 0 fully saturated rings. The Bertz CT molecular complexity index is 1180. The topological polar surface area (TPSA) is 75.7 Å². The highest BCUT2D eigenvalue weighted by atomic mass is 35.5. The second kappa shape index (κ2) is 13.4. The molecule has 0 radical (unpaired) electrons. The van der Waals surface area contributed by atoms with E-state index in [1.54, 1.807) is 13.3 Å². The summed E-state index contributed by atoms with van der Waals surface area (Å²) in [5, 5.41) is 2.47. The molecule has 1 N–H and O–H groups in total. The fraction of sp³-hybridized carbons (Fsp3) is 0.452. The van der Waals surface area contributed by atoms with E-state index < -0.39 is 30.0 Å². The molecule has 0 spiro atoms. The van der Waals surface area contributed by atoms with Crippen molar-refractivity contribution in [1.29, 1.82) is 0 Å². The number of nitrogens with zero attached hydrogens (tertiary/aromatic N) is 1. The Morgan fingerprint density at radius 3 is 1.93 bits per heavy atom. The summed E-state index contributed by atoms with van der Waals surface area (Å²) >= 11 is 5.12. The van der Waals surface area contributed by atoms with Gasteiger partial charge in [0, 0.05) is 36.8 Å². The number of rotatable bonds is 12. The van der Waals surface area contributed by atoms with Crippen LogP contribution in [0.2, 0.25) is 10.2 Å². The largest absolute Gasteiger partial charge is 0.598 e. The molecule has 0 aliphatic carbocycles. The predicted octanol–water partition coefficient (Wildman–Crippen LogP) is 5.95. The highest BCUT2D eigenvalue weighted by molar-refractivity contribution is 7.90. The molecule has 40 heavy (non-hydrogen) atoms. The maximum absolute atomic E-state index is 13.5. The van der Waals surface area contributed by atoms with Gasteiger partial charge in [-0.15, -0.1) is 4.72 Å². The van der Waals surface area contributed by atoms with Crippen LogP contribution < -0.4 is 19.8 Å². The summed E-state index contributed by atoms with van der Waals surface area (Å²) in [6.45, 7) is 15.0. The van der Waals surface area contributed by atoms with E-state index >= 15 is 0 Å². The molecule has 2 aromatic carbocycles. The van der Waals surface area contributed by atoms with Gasteiger partial charge in [-0.05, 0) is 55.6 Å². The first-order valence-corrected chi connectivity index (χ1v) is 16.9. The van der Waals surface area contributed by atoms with Crippen molar-refractivity contribution in [3.63, 3.8) is 0 Å². The second-order valence-corrected chi connectivity index (χ2v) is 18.7. The van der Waals surface area contributed by atoms with Crippen molar-refractivity contribution in [1.82, 2.24) is 9.71 Å². The van der Waals surface area contributed by atoms with Gasteiger partial charge in [0.15, 0.2) is 17.7 Å². The Balaban J connectivity index is 2.08. The van der Waals surface area contributed by atoms with Crippen LogP contribution in [0.3, 0.4) is 0 Å². The van der Waals surface area contributed by atoms with E-state index in [1.165, 1.54) is 10.4 Å². The molecule has 0 amide bonds. The number of methoxy groups -OCH3 is 1. The molecule has 6 nitrogen and oxygen atoms in total. The Morgan fingerprint density at radius 1 is 0.900 bits per heavy atom. The van der Waals surface area contributed by atoms with E-state index in [0.717, 1.165) is 5.56 Å². The third kappa shape index (κ3) is 7.29. The van der Waals surface area contributed by atoms with E-state index in [9.17, 15) is 4.55 Å². The number of nitrogens with one attached hydrogen (secondary N) is 1. The fourth-order valence-corrected chi connectivity index (χ4v) is 10.6. The molecule has 0 bridgehead atoms. The molecule has 0 saturated carbocycles. The number of aromatic nitrogens is 1. The number of ether oxygens (including phenoxy) is 2. The minimum absolute atomic E-state index is 0.00934. The lowest BCUT2D eigenvalue weighted by Gasteiger charge is -2.44. The predicted molar refractivity (Wildman–Crippen MR) is 168 cm³/mol. The zero-order valence-electron chi connectivity index (χ0n) is 24.9. The number of halogens is 1. The van der Waals surface area contributed by atoms with Gasteiger partial charge in [0.2, 0.25) is 0 Å². The molecule has 9 heteroatoms. The van der Waals surface area contributed by atoms with Crippen LogP contribution in [0.4, 0.5) is 0 Å². The third-order valence-corrected chi connectivity index (χ3v) is 14.0. The standard InChI is InChI=1S/C31H43ClN2O4SSi/c1-29(2,3)39(35)34-31(7,26-19-21-33-28(32)27(26)37-23-36-8)20-22-38-40(30(4,5)6,24-15-11-9-12-16-24)25-17-13-10-14-18-25/h9-19,21,34H,20,22-23H2,1-8H3. The second-order valence-electron chi connectivity index (χ2n) is 12.1. The summed E-state index contributed by atoms with van der Waals surface area (Å²) in [7, 11) is -1.22. The monoisotopic (exact) mass is 602 g/mol. The van der Waals surface area contributed by atoms with Crippen LogP contribution in [0.15, 0.2) is 72.9 Å². The van der Waals surface area contributed by atoms with Crippen LogP contribution >= 0.6 is 11.6 Å². The summed E-state index contributed by atoms with van der Waals surface area (Å²) in [6, 6.07) is 22.9. The van der Waals surface area contributed by atoms with Gasteiger partial charge in [0.1, 0.15) is 4.75 Å². The molecule has 1 heterocycles. The highest BCUT2D eigenvalue weighted by Crippen LogP contribution is 2.40. The average Bonchev–Trinajstić information content (AvgIpc) is 2.90. The molecule has 2 unspecified atom stereocenters. The molecule has 0 aliphatic heterocycles. The van der Waals surface area contributed by atoms with Crippen molar-refractivity contribution < 1.29 is 18.5 Å². The quantitative estimate of drug-likeness (QED) is 0.119. The van der Waals surface area contributed by atoms with Crippen molar-refractivity contribution in [2.75, 3.05) is 20.5 Å². The molecule has 0 saturated heterocycles. The lowest BCUT2D eigenvalue weighted by atomic mass is 9.90. The smallest absolute Gasteiger partial charge is 0.261 e. The highest BCUT2D eigenvalue weighted by Gasteiger charge is 2.50. The van der Waals surface area contributed by atoms with Crippen molar-refractivity contribution in [2.45, 2.75) is 70.2 Å². The Labute approximate surface area is 249 Å². The molecule has 3 rings (SSSR count). The van der Waals surface area contributed by atoms with Crippen molar-refractivity contribution in [2.24, 2.45) is 0 Å². The normalized spacial score (nSPS) is 14.9. The molecule has 218 valence electrons. The van der Waals surface area contributed by atoms with E-state index in [0.29, 0.717) is 18.8 Å². The summed E-state index contributed by atoms with van der Waals surface area (Å²) in [5.74, 6) is 0.400. The van der Waals surface area contributed by atoms with Crippen LogP contribution in [-0.4, -0.2) is 43.1 Å². The van der Waals surface area contributed by atoms with Crippen LogP contribution in [-0.2, 0) is 26.1 Å². The van der Waals surface area contributed by atoms with Gasteiger partial charge in [-0.1, -0.05) is 93.0 Å². The molecule has 2 atom stereocenters. The van der Waals surface area contributed by atoms with Gasteiger partial charge in [-0.2, -0.15) is 0 Å². The van der Waals surface area contributed by atoms with Crippen molar-refractivity contribution in [3.8, 4) is 5.75 Å². The minimum Gasteiger partial charge on any atom is -0.598 e. The summed E-state index contributed by atoms with van der Waals surface area (Å²) in [6.07, 6.45) is 2.14. The van der Waals surface area contributed by atoms with Gasteiger partial charge >= 0.3 is 0 Å². The number of benzene rings is 2. The van der Waals surface area contributed by atoms with Crippen LogP contribution in [0, 0.1) is 0 Å². The van der Waals surface area contributed by atoms with Gasteiger partial charge < -0.3 is 18.5 Å². The zero-order valence-corrected chi connectivity index (χ0v) is 27.5. The van der Waals surface area contributed by atoms with Crippen molar-refractivity contribution in [3.05, 3.63) is 83.6 Å². The van der Waals surface area contributed by atoms with E-state index in [1.807, 2.05) is 45.9 Å².